The van der Waals surface area contributed by atoms with Gasteiger partial charge in [-0.3, -0.25) is 4.79 Å². The van der Waals surface area contributed by atoms with Crippen LogP contribution in [0.1, 0.15) is 129 Å². The number of carbonyl (C=O) groups is 2. The summed E-state index contributed by atoms with van der Waals surface area (Å²) in [5.74, 6) is -1.23. The third kappa shape index (κ3) is 14.8. The predicted molar refractivity (Wildman–Crippen MR) is 149 cm³/mol. The lowest BCUT2D eigenvalue weighted by Crippen LogP contribution is -2.27. The van der Waals surface area contributed by atoms with Crippen LogP contribution in [-0.2, 0) is 14.3 Å². The monoisotopic (exact) mass is 522 g/mol. The van der Waals surface area contributed by atoms with Crippen molar-refractivity contribution < 1.29 is 29.6 Å². The highest BCUT2D eigenvalue weighted by molar-refractivity contribution is 5.87. The van der Waals surface area contributed by atoms with E-state index in [0.29, 0.717) is 50.5 Å². The molecule has 5 atom stereocenters. The smallest absolute Gasteiger partial charge is 0.333 e. The zero-order valence-electron chi connectivity index (χ0n) is 23.5. The van der Waals surface area contributed by atoms with E-state index in [-0.39, 0.29) is 36.4 Å². The van der Waals surface area contributed by atoms with E-state index >= 15 is 0 Å². The summed E-state index contributed by atoms with van der Waals surface area (Å²) in [5.41, 5.74) is 0.503. The van der Waals surface area contributed by atoms with E-state index in [9.17, 15) is 19.8 Å². The van der Waals surface area contributed by atoms with Crippen LogP contribution in [0, 0.1) is 11.8 Å². The Hall–Kier alpha value is -1.66. The van der Waals surface area contributed by atoms with Gasteiger partial charge in [0.15, 0.2) is 0 Å². The van der Waals surface area contributed by atoms with Crippen LogP contribution in [0.5, 0.6) is 0 Å². The van der Waals surface area contributed by atoms with Crippen molar-refractivity contribution >= 4 is 11.9 Å². The van der Waals surface area contributed by atoms with Gasteiger partial charge in [-0.25, -0.2) is 4.79 Å². The molecule has 0 aromatic carbocycles. The first-order chi connectivity index (χ1) is 17.8. The number of hydrogen-bond acceptors (Lipinski definition) is 5. The number of unbranched alkanes of at least 4 members (excludes halogenated alkanes) is 8. The minimum absolute atomic E-state index is 0.0284. The van der Waals surface area contributed by atoms with E-state index in [2.05, 4.69) is 20.4 Å². The lowest BCUT2D eigenvalue weighted by Gasteiger charge is -2.25. The number of carbonyl (C=O) groups excluding carboxylic acids is 1. The first-order valence-corrected chi connectivity index (χ1v) is 14.9. The van der Waals surface area contributed by atoms with Crippen molar-refractivity contribution in [1.29, 1.82) is 0 Å². The summed E-state index contributed by atoms with van der Waals surface area (Å²) in [6.07, 6.45) is 18.0. The number of carboxylic acid groups (broad SMARTS) is 1. The van der Waals surface area contributed by atoms with Gasteiger partial charge in [0.1, 0.15) is 6.10 Å². The number of esters is 1. The van der Waals surface area contributed by atoms with Crippen molar-refractivity contribution in [3.05, 3.63) is 24.3 Å². The average Bonchev–Trinajstić information content (AvgIpc) is 3.15. The molecule has 0 spiro atoms. The summed E-state index contributed by atoms with van der Waals surface area (Å²) in [6, 6.07) is 0. The van der Waals surface area contributed by atoms with Crippen LogP contribution < -0.4 is 0 Å². The van der Waals surface area contributed by atoms with Gasteiger partial charge in [-0.1, -0.05) is 83.9 Å². The van der Waals surface area contributed by atoms with E-state index in [1.54, 1.807) is 0 Å². The van der Waals surface area contributed by atoms with Gasteiger partial charge in [0.05, 0.1) is 12.2 Å². The Balaban J connectivity index is 2.68. The molecule has 0 bridgehead atoms. The molecule has 3 N–H and O–H groups in total. The van der Waals surface area contributed by atoms with Gasteiger partial charge in [-0.2, -0.15) is 0 Å². The first kappa shape index (κ1) is 33.4. The van der Waals surface area contributed by atoms with Crippen molar-refractivity contribution in [3.63, 3.8) is 0 Å². The fraction of sp³-hybridized carbons (Fsp3) is 0.806. The minimum Gasteiger partial charge on any atom is -0.481 e. The maximum absolute atomic E-state index is 12.8. The molecule has 37 heavy (non-hydrogen) atoms. The fourth-order valence-electron chi connectivity index (χ4n) is 5.36. The molecule has 0 heterocycles. The van der Waals surface area contributed by atoms with Crippen LogP contribution in [0.15, 0.2) is 24.3 Å². The second-order valence-corrected chi connectivity index (χ2v) is 10.9. The Morgan fingerprint density at radius 2 is 1.59 bits per heavy atom. The molecule has 0 amide bonds. The zero-order chi connectivity index (χ0) is 27.5. The molecule has 0 radical (unpaired) electrons. The van der Waals surface area contributed by atoms with Gasteiger partial charge in [0, 0.05) is 24.3 Å². The molecule has 0 unspecified atom stereocenters. The summed E-state index contributed by atoms with van der Waals surface area (Å²) in [6.45, 7) is 8.31. The van der Waals surface area contributed by atoms with Crippen LogP contribution in [0.4, 0.5) is 0 Å². The second kappa shape index (κ2) is 20.3. The maximum atomic E-state index is 12.8. The zero-order valence-corrected chi connectivity index (χ0v) is 23.5. The lowest BCUT2D eigenvalue weighted by molar-refractivity contribution is -0.146. The standard InChI is InChI=1S/C31H54O6/c1-4-6-8-9-10-14-17-24(3)31(36)37-29-23-28(33)26(22-21-25(32)18-13-7-5-2)27(29)19-15-11-12-16-20-30(34)35/h11,15,25-29,32-33H,3-10,12-14,16-23H2,1-2H3,(H,34,35)/b15-11-/t25-,26+,27+,28+,29-/m0/s1. The first-order valence-electron chi connectivity index (χ1n) is 14.9. The Labute approximate surface area is 225 Å². The third-order valence-electron chi connectivity index (χ3n) is 7.69. The molecule has 0 aromatic heterocycles. The molecule has 0 aliphatic heterocycles. The lowest BCUT2D eigenvalue weighted by atomic mass is 9.85. The van der Waals surface area contributed by atoms with Crippen molar-refractivity contribution in [2.45, 2.75) is 148 Å². The van der Waals surface area contributed by atoms with Crippen LogP contribution in [0.3, 0.4) is 0 Å². The van der Waals surface area contributed by atoms with Crippen LogP contribution in [-0.4, -0.2) is 45.6 Å². The molecule has 1 fully saturated rings. The van der Waals surface area contributed by atoms with Gasteiger partial charge in [0.25, 0.3) is 0 Å². The minimum atomic E-state index is -0.793. The largest absolute Gasteiger partial charge is 0.481 e. The molecule has 0 aromatic rings. The summed E-state index contributed by atoms with van der Waals surface area (Å²) >= 11 is 0. The molecule has 1 aliphatic carbocycles. The van der Waals surface area contributed by atoms with Crippen LogP contribution in [0.25, 0.3) is 0 Å². The highest BCUT2D eigenvalue weighted by atomic mass is 16.5. The number of aliphatic hydroxyl groups excluding tert-OH is 2. The third-order valence-corrected chi connectivity index (χ3v) is 7.69. The van der Waals surface area contributed by atoms with E-state index in [4.69, 9.17) is 9.84 Å². The Morgan fingerprint density at radius 1 is 0.919 bits per heavy atom. The topological polar surface area (TPSA) is 104 Å². The normalized spacial score (nSPS) is 22.4. The molecular formula is C31H54O6. The molecule has 1 saturated carbocycles. The quantitative estimate of drug-likeness (QED) is 0.0605. The average molecular weight is 523 g/mol. The number of aliphatic hydroxyl groups is 2. The molecular weight excluding hydrogens is 468 g/mol. The van der Waals surface area contributed by atoms with Crippen LogP contribution in [0.2, 0.25) is 0 Å². The Bertz CT molecular complexity index is 673. The predicted octanol–water partition coefficient (Wildman–Crippen LogP) is 7.12. The molecule has 214 valence electrons. The number of aliphatic carboxylic acids is 1. The van der Waals surface area contributed by atoms with Gasteiger partial charge < -0.3 is 20.1 Å². The molecule has 1 aliphatic rings. The van der Waals surface area contributed by atoms with Crippen molar-refractivity contribution in [1.82, 2.24) is 0 Å². The van der Waals surface area contributed by atoms with Crippen molar-refractivity contribution in [3.8, 4) is 0 Å². The SMILES string of the molecule is C=C(CCCCCCCC)C(=O)O[C@H]1C[C@@H](O)[C@H](CC[C@@H](O)CCCCC)[C@H]1C/C=C\CCCC(=O)O. The number of hydrogen-bond donors (Lipinski definition) is 3. The molecule has 0 saturated heterocycles. The van der Waals surface area contributed by atoms with Crippen molar-refractivity contribution in [2.24, 2.45) is 11.8 Å². The number of ether oxygens (including phenoxy) is 1. The molecule has 1 rings (SSSR count). The number of rotatable bonds is 22. The summed E-state index contributed by atoms with van der Waals surface area (Å²) in [5, 5.41) is 30.1. The molecule has 6 nitrogen and oxygen atoms in total. The van der Waals surface area contributed by atoms with E-state index in [0.717, 1.165) is 38.5 Å². The maximum Gasteiger partial charge on any atom is 0.333 e. The highest BCUT2D eigenvalue weighted by Crippen LogP contribution is 2.40. The van der Waals surface area contributed by atoms with Crippen LogP contribution >= 0.6 is 0 Å². The second-order valence-electron chi connectivity index (χ2n) is 10.9. The van der Waals surface area contributed by atoms with Gasteiger partial charge in [0.2, 0.25) is 0 Å². The summed E-state index contributed by atoms with van der Waals surface area (Å²) in [7, 11) is 0. The van der Waals surface area contributed by atoms with Gasteiger partial charge in [-0.15, -0.1) is 0 Å². The Kier molecular flexibility index (Phi) is 18.3. The van der Waals surface area contributed by atoms with E-state index in [1.165, 1.54) is 25.7 Å². The highest BCUT2D eigenvalue weighted by Gasteiger charge is 2.43. The van der Waals surface area contributed by atoms with E-state index < -0.39 is 12.1 Å². The van der Waals surface area contributed by atoms with E-state index in [1.807, 2.05) is 12.2 Å². The summed E-state index contributed by atoms with van der Waals surface area (Å²) in [4.78, 5) is 23.5. The number of carboxylic acids is 1. The van der Waals surface area contributed by atoms with Gasteiger partial charge >= 0.3 is 11.9 Å². The fourth-order valence-corrected chi connectivity index (χ4v) is 5.36. The van der Waals surface area contributed by atoms with Gasteiger partial charge in [-0.05, 0) is 57.3 Å². The molecule has 6 heteroatoms. The summed E-state index contributed by atoms with van der Waals surface area (Å²) < 4.78 is 5.91. The van der Waals surface area contributed by atoms with Crippen molar-refractivity contribution in [2.75, 3.05) is 0 Å². The Morgan fingerprint density at radius 3 is 2.30 bits per heavy atom. The number of allylic oxidation sites excluding steroid dienone is 2.